The molecular weight excluding hydrogens is 398 g/mol. The molecular formula is C19H19N3O6S. The van der Waals surface area contributed by atoms with Gasteiger partial charge in [0.2, 0.25) is 5.91 Å². The molecule has 0 unspecified atom stereocenters. The number of amides is 2. The van der Waals surface area contributed by atoms with E-state index in [0.717, 1.165) is 17.3 Å². The summed E-state index contributed by atoms with van der Waals surface area (Å²) >= 11 is 1.05. The fourth-order valence-electron chi connectivity index (χ4n) is 2.26. The average molecular weight is 417 g/mol. The van der Waals surface area contributed by atoms with Gasteiger partial charge in [-0.2, -0.15) is 0 Å². The maximum Gasteiger partial charge on any atom is 0.316 e. The van der Waals surface area contributed by atoms with Crippen LogP contribution in [0.2, 0.25) is 0 Å². The van der Waals surface area contributed by atoms with Crippen LogP contribution < -0.4 is 10.6 Å². The third kappa shape index (κ3) is 7.62. The van der Waals surface area contributed by atoms with Crippen molar-refractivity contribution in [3.05, 3.63) is 64.2 Å². The first-order valence-corrected chi connectivity index (χ1v) is 9.64. The van der Waals surface area contributed by atoms with E-state index in [2.05, 4.69) is 10.6 Å². The highest BCUT2D eigenvalue weighted by molar-refractivity contribution is 8.00. The number of ether oxygens (including phenoxy) is 1. The molecule has 0 atom stereocenters. The smallest absolute Gasteiger partial charge is 0.316 e. The van der Waals surface area contributed by atoms with E-state index in [0.29, 0.717) is 5.69 Å². The van der Waals surface area contributed by atoms with Crippen LogP contribution in [0.15, 0.2) is 48.5 Å². The van der Waals surface area contributed by atoms with E-state index in [4.69, 9.17) is 4.74 Å². The summed E-state index contributed by atoms with van der Waals surface area (Å²) in [5.74, 6) is -1.70. The van der Waals surface area contributed by atoms with Gasteiger partial charge in [0, 0.05) is 11.8 Å². The molecule has 0 radical (unpaired) electrons. The van der Waals surface area contributed by atoms with Crippen molar-refractivity contribution in [3.63, 3.8) is 0 Å². The molecule has 0 aliphatic carbocycles. The molecule has 2 aromatic carbocycles. The average Bonchev–Trinajstić information content (AvgIpc) is 2.66. The molecule has 0 aliphatic heterocycles. The van der Waals surface area contributed by atoms with E-state index < -0.39 is 23.4 Å². The molecule has 9 nitrogen and oxygen atoms in total. The van der Waals surface area contributed by atoms with Gasteiger partial charge in [-0.05, 0) is 30.7 Å². The molecule has 0 saturated carbocycles. The maximum atomic E-state index is 11.9. The second-order valence-corrected chi connectivity index (χ2v) is 6.88. The Bertz CT molecular complexity index is 918. The fourth-order valence-corrected chi connectivity index (χ4v) is 2.87. The second kappa shape index (κ2) is 10.8. The van der Waals surface area contributed by atoms with Gasteiger partial charge in [-0.1, -0.05) is 24.3 Å². The van der Waals surface area contributed by atoms with Crippen molar-refractivity contribution in [1.29, 1.82) is 0 Å². The first-order chi connectivity index (χ1) is 13.8. The lowest BCUT2D eigenvalue weighted by atomic mass is 10.2. The lowest BCUT2D eigenvalue weighted by Gasteiger charge is -2.07. The van der Waals surface area contributed by atoms with Crippen molar-refractivity contribution in [2.75, 3.05) is 28.7 Å². The first kappa shape index (κ1) is 21.9. The number of thioether (sulfide) groups is 1. The number of nitrogens with one attached hydrogen (secondary N) is 2. The number of benzene rings is 2. The number of carbonyl (C=O) groups excluding carboxylic acids is 3. The normalized spacial score (nSPS) is 10.1. The van der Waals surface area contributed by atoms with Gasteiger partial charge < -0.3 is 15.4 Å². The van der Waals surface area contributed by atoms with E-state index >= 15 is 0 Å². The molecule has 2 amide bonds. The second-order valence-electron chi connectivity index (χ2n) is 5.89. The Balaban J connectivity index is 1.68. The van der Waals surface area contributed by atoms with Gasteiger partial charge in [0.15, 0.2) is 6.61 Å². The van der Waals surface area contributed by atoms with E-state index in [1.807, 2.05) is 25.1 Å². The van der Waals surface area contributed by atoms with E-state index in [1.165, 1.54) is 24.3 Å². The molecule has 29 heavy (non-hydrogen) atoms. The van der Waals surface area contributed by atoms with Gasteiger partial charge in [0.05, 0.1) is 16.4 Å². The number of nitro benzene ring substituents is 1. The number of aryl methyl sites for hydroxylation is 1. The molecule has 0 heterocycles. The van der Waals surface area contributed by atoms with Crippen LogP contribution in [0.1, 0.15) is 5.56 Å². The molecule has 2 rings (SSSR count). The fraction of sp³-hybridized carbons (Fsp3) is 0.211. The monoisotopic (exact) mass is 417 g/mol. The zero-order valence-electron chi connectivity index (χ0n) is 15.5. The van der Waals surface area contributed by atoms with Crippen LogP contribution in [0.3, 0.4) is 0 Å². The van der Waals surface area contributed by atoms with Gasteiger partial charge in [0.1, 0.15) is 5.69 Å². The number of hydrogen-bond donors (Lipinski definition) is 2. The van der Waals surface area contributed by atoms with Crippen LogP contribution in [0.5, 0.6) is 0 Å². The predicted molar refractivity (Wildman–Crippen MR) is 110 cm³/mol. The Hall–Kier alpha value is -3.40. The lowest BCUT2D eigenvalue weighted by molar-refractivity contribution is -0.383. The Morgan fingerprint density at radius 3 is 2.52 bits per heavy atom. The third-order valence-electron chi connectivity index (χ3n) is 3.49. The number of carbonyl (C=O) groups is 3. The summed E-state index contributed by atoms with van der Waals surface area (Å²) < 4.78 is 4.82. The molecule has 152 valence electrons. The Kier molecular flexibility index (Phi) is 8.16. The van der Waals surface area contributed by atoms with Crippen LogP contribution >= 0.6 is 11.8 Å². The summed E-state index contributed by atoms with van der Waals surface area (Å²) in [5.41, 5.74) is 1.44. The number of nitro groups is 1. The minimum Gasteiger partial charge on any atom is -0.455 e. The Morgan fingerprint density at radius 1 is 1.03 bits per heavy atom. The van der Waals surface area contributed by atoms with Crippen molar-refractivity contribution < 1.29 is 24.0 Å². The highest BCUT2D eigenvalue weighted by atomic mass is 32.2. The zero-order chi connectivity index (χ0) is 21.2. The third-order valence-corrected chi connectivity index (χ3v) is 4.40. The minimum atomic E-state index is -0.699. The highest BCUT2D eigenvalue weighted by Crippen LogP contribution is 2.22. The van der Waals surface area contributed by atoms with Gasteiger partial charge >= 0.3 is 5.97 Å². The Labute approximate surface area is 171 Å². The largest absolute Gasteiger partial charge is 0.455 e. The van der Waals surface area contributed by atoms with Crippen molar-refractivity contribution >= 4 is 46.6 Å². The zero-order valence-corrected chi connectivity index (χ0v) is 16.4. The van der Waals surface area contributed by atoms with Crippen LogP contribution in [-0.4, -0.2) is 40.8 Å². The predicted octanol–water partition coefficient (Wildman–Crippen LogP) is 2.76. The molecule has 2 N–H and O–H groups in total. The standard InChI is InChI=1S/C19H19N3O6S/c1-13-5-4-6-14(9-13)20-18(24)11-29-12-19(25)28-10-17(23)21-15-7-2-3-8-16(15)22(26)27/h2-9H,10-12H2,1H3,(H,20,24)(H,21,23). The number of rotatable bonds is 9. The number of anilines is 2. The number of esters is 1. The summed E-state index contributed by atoms with van der Waals surface area (Å²) in [6.45, 7) is 1.33. The quantitative estimate of drug-likeness (QED) is 0.365. The summed E-state index contributed by atoms with van der Waals surface area (Å²) in [6, 6.07) is 13.0. The summed E-state index contributed by atoms with van der Waals surface area (Å²) in [5, 5.41) is 16.0. The molecule has 0 saturated heterocycles. The van der Waals surface area contributed by atoms with Crippen LogP contribution in [0.4, 0.5) is 17.1 Å². The van der Waals surface area contributed by atoms with Crippen LogP contribution in [0.25, 0.3) is 0 Å². The molecule has 2 aromatic rings. The highest BCUT2D eigenvalue weighted by Gasteiger charge is 2.16. The topological polar surface area (TPSA) is 128 Å². The van der Waals surface area contributed by atoms with Crippen molar-refractivity contribution in [1.82, 2.24) is 0 Å². The summed E-state index contributed by atoms with van der Waals surface area (Å²) in [7, 11) is 0. The van der Waals surface area contributed by atoms with E-state index in [-0.39, 0.29) is 28.8 Å². The van der Waals surface area contributed by atoms with E-state index in [1.54, 1.807) is 6.07 Å². The minimum absolute atomic E-state index is 0.0146. The summed E-state index contributed by atoms with van der Waals surface area (Å²) in [4.78, 5) is 45.7. The summed E-state index contributed by atoms with van der Waals surface area (Å²) in [6.07, 6.45) is 0. The molecule has 0 aliphatic rings. The number of hydrogen-bond acceptors (Lipinski definition) is 7. The molecule has 0 bridgehead atoms. The van der Waals surface area contributed by atoms with Crippen LogP contribution in [-0.2, 0) is 19.1 Å². The maximum absolute atomic E-state index is 11.9. The first-order valence-electron chi connectivity index (χ1n) is 8.48. The lowest BCUT2D eigenvalue weighted by Crippen LogP contribution is -2.22. The van der Waals surface area contributed by atoms with Crippen molar-refractivity contribution in [2.45, 2.75) is 6.92 Å². The molecule has 0 aromatic heterocycles. The number of nitrogens with zero attached hydrogens (tertiary/aromatic N) is 1. The van der Waals surface area contributed by atoms with Crippen LogP contribution in [0, 0.1) is 17.0 Å². The molecule has 0 fully saturated rings. The van der Waals surface area contributed by atoms with Crippen molar-refractivity contribution in [2.24, 2.45) is 0 Å². The van der Waals surface area contributed by atoms with Gasteiger partial charge in [-0.3, -0.25) is 24.5 Å². The van der Waals surface area contributed by atoms with Crippen molar-refractivity contribution in [3.8, 4) is 0 Å². The van der Waals surface area contributed by atoms with Gasteiger partial charge in [0.25, 0.3) is 11.6 Å². The number of para-hydroxylation sites is 2. The van der Waals surface area contributed by atoms with E-state index in [9.17, 15) is 24.5 Å². The van der Waals surface area contributed by atoms with Gasteiger partial charge in [-0.15, -0.1) is 11.8 Å². The Morgan fingerprint density at radius 2 is 1.79 bits per heavy atom. The molecule has 0 spiro atoms. The SMILES string of the molecule is Cc1cccc(NC(=O)CSCC(=O)OCC(=O)Nc2ccccc2[N+](=O)[O-])c1. The van der Waals surface area contributed by atoms with Gasteiger partial charge in [-0.25, -0.2) is 0 Å². The molecule has 10 heteroatoms.